The second-order valence-corrected chi connectivity index (χ2v) is 5.45. The van der Waals surface area contributed by atoms with Gasteiger partial charge in [-0.3, -0.25) is 4.79 Å². The zero-order chi connectivity index (χ0) is 16.7. The van der Waals surface area contributed by atoms with Crippen LogP contribution in [0.15, 0.2) is 42.6 Å². The lowest BCUT2D eigenvalue weighted by Gasteiger charge is -2.15. The number of amides is 1. The van der Waals surface area contributed by atoms with E-state index in [4.69, 9.17) is 4.74 Å². The molecule has 1 amide bonds. The Kier molecular flexibility index (Phi) is 6.13. The van der Waals surface area contributed by atoms with Gasteiger partial charge in [-0.2, -0.15) is 5.10 Å². The van der Waals surface area contributed by atoms with Crippen LogP contribution in [0.1, 0.15) is 10.5 Å². The smallest absolute Gasteiger partial charge is 0.271 e. The van der Waals surface area contributed by atoms with Crippen molar-refractivity contribution in [3.05, 3.63) is 48.3 Å². The Hall–Kier alpha value is -2.38. The first-order valence-electron chi connectivity index (χ1n) is 7.37. The number of nitrogens with one attached hydrogen (secondary N) is 1. The van der Waals surface area contributed by atoms with Crippen molar-refractivity contribution in [1.29, 1.82) is 0 Å². The lowest BCUT2D eigenvalue weighted by Crippen LogP contribution is -2.37. The minimum absolute atomic E-state index is 0.185. The minimum atomic E-state index is -0.613. The minimum Gasteiger partial charge on any atom is -0.471 e. The van der Waals surface area contributed by atoms with Gasteiger partial charge in [0, 0.05) is 19.3 Å². The number of aliphatic hydroxyl groups excluding tert-OH is 1. The maximum Gasteiger partial charge on any atom is 0.271 e. The van der Waals surface area contributed by atoms with Crippen LogP contribution in [0.2, 0.25) is 0 Å². The number of carbonyl (C=O) groups is 1. The van der Waals surface area contributed by atoms with E-state index in [0.717, 1.165) is 5.75 Å². The normalized spacial score (nSPS) is 12.2. The van der Waals surface area contributed by atoms with E-state index < -0.39 is 6.10 Å². The van der Waals surface area contributed by atoms with Gasteiger partial charge in [-0.15, -0.1) is 0 Å². The van der Waals surface area contributed by atoms with Gasteiger partial charge in [0.15, 0.2) is 6.73 Å². The van der Waals surface area contributed by atoms with Crippen LogP contribution in [0.4, 0.5) is 0 Å². The highest BCUT2D eigenvalue weighted by Crippen LogP contribution is 2.09. The molecule has 0 bridgehead atoms. The first-order chi connectivity index (χ1) is 11.0. The molecule has 7 heteroatoms. The van der Waals surface area contributed by atoms with E-state index in [1.54, 1.807) is 12.3 Å². The molecule has 2 aromatic rings. The topological polar surface area (TPSA) is 79.6 Å². The standard InChI is InChI=1S/C16H22N4O3/c1-19(2)11-13(21)10-17-16(22)15-8-9-20(18-15)12-23-14-6-4-3-5-7-14/h3-9,13,21H,10-12H2,1-2H3,(H,17,22). The molecular weight excluding hydrogens is 296 g/mol. The second-order valence-electron chi connectivity index (χ2n) is 5.45. The van der Waals surface area contributed by atoms with Crippen molar-refractivity contribution in [3.63, 3.8) is 0 Å². The number of hydrogen-bond acceptors (Lipinski definition) is 5. The third-order valence-electron chi connectivity index (χ3n) is 3.05. The summed E-state index contributed by atoms with van der Waals surface area (Å²) in [4.78, 5) is 13.8. The summed E-state index contributed by atoms with van der Waals surface area (Å²) in [5.41, 5.74) is 0.290. The number of likely N-dealkylation sites (N-methyl/N-ethyl adjacent to an activating group) is 1. The Labute approximate surface area is 135 Å². The monoisotopic (exact) mass is 318 g/mol. The number of carbonyl (C=O) groups excluding carboxylic acids is 1. The zero-order valence-corrected chi connectivity index (χ0v) is 13.3. The maximum absolute atomic E-state index is 12.0. The fourth-order valence-electron chi connectivity index (χ4n) is 2.00. The van der Waals surface area contributed by atoms with E-state index >= 15 is 0 Å². The van der Waals surface area contributed by atoms with Crippen LogP contribution in [-0.2, 0) is 6.73 Å². The molecule has 1 aromatic heterocycles. The zero-order valence-electron chi connectivity index (χ0n) is 13.3. The number of nitrogens with zero attached hydrogens (tertiary/aromatic N) is 3. The SMILES string of the molecule is CN(C)CC(O)CNC(=O)c1ccn(COc2ccccc2)n1. The van der Waals surface area contributed by atoms with Crippen molar-refractivity contribution in [2.24, 2.45) is 0 Å². The number of rotatable bonds is 8. The molecule has 0 saturated carbocycles. The first-order valence-corrected chi connectivity index (χ1v) is 7.37. The van der Waals surface area contributed by atoms with Gasteiger partial charge >= 0.3 is 0 Å². The Morgan fingerprint density at radius 3 is 2.78 bits per heavy atom. The predicted molar refractivity (Wildman–Crippen MR) is 86.2 cm³/mol. The van der Waals surface area contributed by atoms with Crippen molar-refractivity contribution in [2.75, 3.05) is 27.2 Å². The molecule has 1 atom stereocenters. The number of aliphatic hydroxyl groups is 1. The average Bonchev–Trinajstić information content (AvgIpc) is 3.00. The summed E-state index contributed by atoms with van der Waals surface area (Å²) in [5, 5.41) is 16.5. The second kappa shape index (κ2) is 8.30. The summed E-state index contributed by atoms with van der Waals surface area (Å²) >= 11 is 0. The van der Waals surface area contributed by atoms with Gasteiger partial charge in [-0.25, -0.2) is 4.68 Å². The molecule has 0 aliphatic heterocycles. The summed E-state index contributed by atoms with van der Waals surface area (Å²) in [6.07, 6.45) is 1.06. The molecule has 0 saturated heterocycles. The number of aromatic nitrogens is 2. The fraction of sp³-hybridized carbons (Fsp3) is 0.375. The molecule has 0 fully saturated rings. The van der Waals surface area contributed by atoms with Gasteiger partial charge in [-0.1, -0.05) is 18.2 Å². The first kappa shape index (κ1) is 17.0. The molecule has 1 heterocycles. The molecule has 23 heavy (non-hydrogen) atoms. The lowest BCUT2D eigenvalue weighted by atomic mass is 10.3. The molecule has 7 nitrogen and oxygen atoms in total. The van der Waals surface area contributed by atoms with Gasteiger partial charge < -0.3 is 20.1 Å². The van der Waals surface area contributed by atoms with Gasteiger partial charge in [-0.05, 0) is 32.3 Å². The van der Waals surface area contributed by atoms with Crippen molar-refractivity contribution >= 4 is 5.91 Å². The van der Waals surface area contributed by atoms with Crippen molar-refractivity contribution in [3.8, 4) is 5.75 Å². The van der Waals surface area contributed by atoms with Crippen LogP contribution in [-0.4, -0.2) is 59.0 Å². The summed E-state index contributed by atoms with van der Waals surface area (Å²) in [6, 6.07) is 11.0. The van der Waals surface area contributed by atoms with Gasteiger partial charge in [0.05, 0.1) is 6.10 Å². The average molecular weight is 318 g/mol. The molecule has 0 aliphatic rings. The molecule has 0 spiro atoms. The summed E-state index contributed by atoms with van der Waals surface area (Å²) in [5.74, 6) is 0.419. The Balaban J connectivity index is 1.80. The quantitative estimate of drug-likeness (QED) is 0.744. The van der Waals surface area contributed by atoms with E-state index in [1.165, 1.54) is 4.68 Å². The summed E-state index contributed by atoms with van der Waals surface area (Å²) in [6.45, 7) is 0.893. The molecule has 0 aliphatic carbocycles. The predicted octanol–water partition coefficient (Wildman–Crippen LogP) is 0.572. The Morgan fingerprint density at radius 1 is 1.35 bits per heavy atom. The van der Waals surface area contributed by atoms with E-state index in [-0.39, 0.29) is 19.2 Å². The van der Waals surface area contributed by atoms with Crippen LogP contribution in [0.3, 0.4) is 0 Å². The van der Waals surface area contributed by atoms with Crippen LogP contribution in [0, 0.1) is 0 Å². The summed E-state index contributed by atoms with van der Waals surface area (Å²) < 4.78 is 7.09. The highest BCUT2D eigenvalue weighted by Gasteiger charge is 2.12. The maximum atomic E-state index is 12.0. The highest BCUT2D eigenvalue weighted by molar-refractivity contribution is 5.92. The molecule has 0 radical (unpaired) electrons. The third-order valence-corrected chi connectivity index (χ3v) is 3.05. The molecule has 124 valence electrons. The van der Waals surface area contributed by atoms with E-state index in [9.17, 15) is 9.90 Å². The van der Waals surface area contributed by atoms with E-state index in [0.29, 0.717) is 12.2 Å². The van der Waals surface area contributed by atoms with Crippen molar-refractivity contribution in [1.82, 2.24) is 20.0 Å². The Morgan fingerprint density at radius 2 is 2.09 bits per heavy atom. The lowest BCUT2D eigenvalue weighted by molar-refractivity contribution is 0.0885. The van der Waals surface area contributed by atoms with E-state index in [1.807, 2.05) is 49.3 Å². The fourth-order valence-corrected chi connectivity index (χ4v) is 2.00. The number of para-hydroxylation sites is 1. The van der Waals surface area contributed by atoms with Crippen molar-refractivity contribution < 1.29 is 14.6 Å². The molecule has 1 unspecified atom stereocenters. The summed E-state index contributed by atoms with van der Waals surface area (Å²) in [7, 11) is 3.72. The van der Waals surface area contributed by atoms with Gasteiger partial charge in [0.1, 0.15) is 11.4 Å². The van der Waals surface area contributed by atoms with Crippen molar-refractivity contribution in [2.45, 2.75) is 12.8 Å². The number of ether oxygens (including phenoxy) is 1. The van der Waals surface area contributed by atoms with Crippen LogP contribution < -0.4 is 10.1 Å². The molecule has 2 rings (SSSR count). The van der Waals surface area contributed by atoms with Gasteiger partial charge in [0.25, 0.3) is 5.91 Å². The molecule has 2 N–H and O–H groups in total. The Bertz CT molecular complexity index is 613. The van der Waals surface area contributed by atoms with E-state index in [2.05, 4.69) is 10.4 Å². The van der Waals surface area contributed by atoms with Crippen LogP contribution in [0.25, 0.3) is 0 Å². The number of benzene rings is 1. The van der Waals surface area contributed by atoms with Crippen LogP contribution in [0.5, 0.6) is 5.75 Å². The highest BCUT2D eigenvalue weighted by atomic mass is 16.5. The number of hydrogen-bond donors (Lipinski definition) is 2. The molecular formula is C16H22N4O3. The molecule has 1 aromatic carbocycles. The third kappa shape index (κ3) is 5.72. The van der Waals surface area contributed by atoms with Gasteiger partial charge in [0.2, 0.25) is 0 Å². The van der Waals surface area contributed by atoms with Crippen LogP contribution >= 0.6 is 0 Å². The largest absolute Gasteiger partial charge is 0.471 e.